The Bertz CT molecular complexity index is 435. The molecule has 0 aliphatic rings. The van der Waals surface area contributed by atoms with Crippen molar-refractivity contribution in [3.8, 4) is 6.07 Å². The fourth-order valence-corrected chi connectivity index (χ4v) is 2.02. The molecule has 0 spiro atoms. The molecule has 0 amide bonds. The van der Waals surface area contributed by atoms with Crippen molar-refractivity contribution >= 4 is 0 Å². The molecule has 1 aromatic carbocycles. The molecule has 3 heteroatoms. The number of hydrogen-bond donors (Lipinski definition) is 1. The molecule has 0 saturated carbocycles. The normalized spacial score (nSPS) is 12.4. The van der Waals surface area contributed by atoms with Crippen molar-refractivity contribution in [1.29, 1.82) is 5.26 Å². The molecule has 104 valence electrons. The molecule has 0 fully saturated rings. The lowest BCUT2D eigenvalue weighted by atomic mass is 10.0. The van der Waals surface area contributed by atoms with Gasteiger partial charge in [-0.1, -0.05) is 38.8 Å². The zero-order valence-corrected chi connectivity index (χ0v) is 12.0. The zero-order chi connectivity index (χ0) is 14.3. The quantitative estimate of drug-likeness (QED) is 0.806. The molecular formula is C16H23FN2. The summed E-state index contributed by atoms with van der Waals surface area (Å²) < 4.78 is 13.8. The maximum atomic E-state index is 13.8. The Morgan fingerprint density at radius 1 is 1.26 bits per heavy atom. The summed E-state index contributed by atoms with van der Waals surface area (Å²) >= 11 is 0. The standard InChI is InChI=1S/C16H23FN2/c1-12(2)6-4-7-13(3)19-11-15-9-5-8-14(10-18)16(15)17/h5,8-9,12-13,19H,4,6-7,11H2,1-3H3. The molecule has 2 nitrogen and oxygen atoms in total. The first-order valence-electron chi connectivity index (χ1n) is 6.95. The van der Waals surface area contributed by atoms with Crippen molar-refractivity contribution in [1.82, 2.24) is 5.32 Å². The number of nitriles is 1. The van der Waals surface area contributed by atoms with Gasteiger partial charge < -0.3 is 5.32 Å². The predicted octanol–water partition coefficient (Wildman–Crippen LogP) is 4.00. The van der Waals surface area contributed by atoms with Gasteiger partial charge in [-0.2, -0.15) is 5.26 Å². The van der Waals surface area contributed by atoms with Crippen LogP contribution in [0.5, 0.6) is 0 Å². The molecule has 0 aliphatic heterocycles. The third-order valence-electron chi connectivity index (χ3n) is 3.26. The largest absolute Gasteiger partial charge is 0.310 e. The lowest BCUT2D eigenvalue weighted by molar-refractivity contribution is 0.452. The van der Waals surface area contributed by atoms with Gasteiger partial charge in [0.1, 0.15) is 11.9 Å². The average molecular weight is 262 g/mol. The van der Waals surface area contributed by atoms with Gasteiger partial charge in [-0.15, -0.1) is 0 Å². The van der Waals surface area contributed by atoms with Crippen LogP contribution in [0.2, 0.25) is 0 Å². The summed E-state index contributed by atoms with van der Waals surface area (Å²) in [4.78, 5) is 0. The Labute approximate surface area is 115 Å². The minimum absolute atomic E-state index is 0.117. The maximum absolute atomic E-state index is 13.8. The summed E-state index contributed by atoms with van der Waals surface area (Å²) in [7, 11) is 0. The summed E-state index contributed by atoms with van der Waals surface area (Å²) in [6.45, 7) is 7.04. The third kappa shape index (κ3) is 5.40. The predicted molar refractivity (Wildman–Crippen MR) is 76.1 cm³/mol. The second-order valence-electron chi connectivity index (χ2n) is 5.50. The highest BCUT2D eigenvalue weighted by Gasteiger charge is 2.08. The topological polar surface area (TPSA) is 35.8 Å². The molecular weight excluding hydrogens is 239 g/mol. The number of hydrogen-bond acceptors (Lipinski definition) is 2. The summed E-state index contributed by atoms with van der Waals surface area (Å²) in [6.07, 6.45) is 3.51. The molecule has 0 bridgehead atoms. The van der Waals surface area contributed by atoms with Gasteiger partial charge in [0, 0.05) is 18.2 Å². The van der Waals surface area contributed by atoms with Gasteiger partial charge in [0.25, 0.3) is 0 Å². The maximum Gasteiger partial charge on any atom is 0.145 e. The Morgan fingerprint density at radius 3 is 2.63 bits per heavy atom. The van der Waals surface area contributed by atoms with E-state index in [1.165, 1.54) is 18.9 Å². The van der Waals surface area contributed by atoms with E-state index in [9.17, 15) is 4.39 Å². The first-order chi connectivity index (χ1) is 9.04. The van der Waals surface area contributed by atoms with Crippen molar-refractivity contribution in [2.75, 3.05) is 0 Å². The third-order valence-corrected chi connectivity index (χ3v) is 3.26. The lowest BCUT2D eigenvalue weighted by Crippen LogP contribution is -2.26. The van der Waals surface area contributed by atoms with Crippen LogP contribution in [0, 0.1) is 23.1 Å². The van der Waals surface area contributed by atoms with Gasteiger partial charge in [-0.3, -0.25) is 0 Å². The monoisotopic (exact) mass is 262 g/mol. The number of rotatable bonds is 7. The first-order valence-corrected chi connectivity index (χ1v) is 6.95. The van der Waals surface area contributed by atoms with Gasteiger partial charge in [0.2, 0.25) is 0 Å². The van der Waals surface area contributed by atoms with Crippen LogP contribution in [-0.4, -0.2) is 6.04 Å². The molecule has 1 atom stereocenters. The van der Waals surface area contributed by atoms with Crippen LogP contribution in [0.1, 0.15) is 51.2 Å². The first kappa shape index (κ1) is 15.7. The molecule has 19 heavy (non-hydrogen) atoms. The van der Waals surface area contributed by atoms with E-state index >= 15 is 0 Å². The van der Waals surface area contributed by atoms with Crippen LogP contribution in [0.4, 0.5) is 4.39 Å². The number of nitrogens with one attached hydrogen (secondary N) is 1. The number of benzene rings is 1. The van der Waals surface area contributed by atoms with Gasteiger partial charge in [-0.05, 0) is 25.3 Å². The van der Waals surface area contributed by atoms with E-state index < -0.39 is 5.82 Å². The van der Waals surface area contributed by atoms with Gasteiger partial charge >= 0.3 is 0 Å². The minimum Gasteiger partial charge on any atom is -0.310 e. The summed E-state index contributed by atoms with van der Waals surface area (Å²) in [6, 6.07) is 7.19. The van der Waals surface area contributed by atoms with Crippen LogP contribution in [0.15, 0.2) is 18.2 Å². The fraction of sp³-hybridized carbons (Fsp3) is 0.562. The number of halogens is 1. The Morgan fingerprint density at radius 2 is 2.00 bits per heavy atom. The summed E-state index contributed by atoms with van der Waals surface area (Å²) in [5.41, 5.74) is 0.682. The van der Waals surface area contributed by atoms with Crippen LogP contribution in [-0.2, 0) is 6.54 Å². The van der Waals surface area contributed by atoms with Gasteiger partial charge in [-0.25, -0.2) is 4.39 Å². The second kappa shape index (κ2) is 7.91. The average Bonchev–Trinajstić information content (AvgIpc) is 2.37. The highest BCUT2D eigenvalue weighted by Crippen LogP contribution is 2.13. The lowest BCUT2D eigenvalue weighted by Gasteiger charge is -2.15. The van der Waals surface area contributed by atoms with E-state index in [-0.39, 0.29) is 5.56 Å². The number of nitrogens with zero attached hydrogens (tertiary/aromatic N) is 1. The van der Waals surface area contributed by atoms with E-state index in [0.717, 1.165) is 12.3 Å². The van der Waals surface area contributed by atoms with E-state index in [0.29, 0.717) is 18.2 Å². The van der Waals surface area contributed by atoms with Crippen molar-refractivity contribution in [3.05, 3.63) is 35.1 Å². The van der Waals surface area contributed by atoms with Crippen LogP contribution in [0.3, 0.4) is 0 Å². The molecule has 0 radical (unpaired) electrons. The van der Waals surface area contributed by atoms with E-state index in [1.807, 2.05) is 6.07 Å². The van der Waals surface area contributed by atoms with Gasteiger partial charge in [0.15, 0.2) is 0 Å². The molecule has 0 aromatic heterocycles. The SMILES string of the molecule is CC(C)CCCC(C)NCc1cccc(C#N)c1F. The fourth-order valence-electron chi connectivity index (χ4n) is 2.02. The summed E-state index contributed by atoms with van der Waals surface area (Å²) in [5.74, 6) is 0.337. The second-order valence-corrected chi connectivity index (χ2v) is 5.50. The van der Waals surface area contributed by atoms with Crippen molar-refractivity contribution < 1.29 is 4.39 Å². The van der Waals surface area contributed by atoms with Gasteiger partial charge in [0.05, 0.1) is 5.56 Å². The van der Waals surface area contributed by atoms with Crippen molar-refractivity contribution in [3.63, 3.8) is 0 Å². The smallest absolute Gasteiger partial charge is 0.145 e. The van der Waals surface area contributed by atoms with E-state index in [2.05, 4.69) is 26.1 Å². The molecule has 0 aliphatic carbocycles. The van der Waals surface area contributed by atoms with Crippen LogP contribution < -0.4 is 5.32 Å². The molecule has 1 N–H and O–H groups in total. The zero-order valence-electron chi connectivity index (χ0n) is 12.0. The van der Waals surface area contributed by atoms with Crippen molar-refractivity contribution in [2.24, 2.45) is 5.92 Å². The highest BCUT2D eigenvalue weighted by molar-refractivity contribution is 5.34. The van der Waals surface area contributed by atoms with Crippen molar-refractivity contribution in [2.45, 2.75) is 52.6 Å². The Balaban J connectivity index is 2.42. The molecule has 0 saturated heterocycles. The van der Waals surface area contributed by atoms with E-state index in [1.54, 1.807) is 12.1 Å². The molecule has 1 rings (SSSR count). The van der Waals surface area contributed by atoms with Crippen LogP contribution >= 0.6 is 0 Å². The molecule has 1 unspecified atom stereocenters. The highest BCUT2D eigenvalue weighted by atomic mass is 19.1. The molecule has 1 aromatic rings. The van der Waals surface area contributed by atoms with E-state index in [4.69, 9.17) is 5.26 Å². The van der Waals surface area contributed by atoms with Crippen LogP contribution in [0.25, 0.3) is 0 Å². The Hall–Kier alpha value is -1.40. The minimum atomic E-state index is -0.396. The Kier molecular flexibility index (Phi) is 6.52. The molecule has 0 heterocycles. The summed E-state index contributed by atoms with van der Waals surface area (Å²) in [5, 5.41) is 12.1.